The van der Waals surface area contributed by atoms with Crippen LogP contribution in [0.3, 0.4) is 0 Å². The third-order valence-electron chi connectivity index (χ3n) is 2.98. The Hall–Kier alpha value is -1.65. The molecule has 96 valence electrons. The molecule has 0 fully saturated rings. The van der Waals surface area contributed by atoms with Crippen LogP contribution in [-0.4, -0.2) is 21.2 Å². The average molecular weight is 245 g/mol. The second kappa shape index (κ2) is 6.33. The highest BCUT2D eigenvalue weighted by molar-refractivity contribution is 5.21. The molecule has 0 spiro atoms. The van der Waals surface area contributed by atoms with E-state index in [0.29, 0.717) is 0 Å². The van der Waals surface area contributed by atoms with Gasteiger partial charge < -0.3 is 15.0 Å². The van der Waals surface area contributed by atoms with Crippen LogP contribution in [0.15, 0.2) is 36.7 Å². The zero-order valence-electron chi connectivity index (χ0n) is 10.6. The lowest BCUT2D eigenvalue weighted by atomic mass is 10.1. The maximum Gasteiger partial charge on any atom is 0.109 e. The highest BCUT2D eigenvalue weighted by atomic mass is 16.3. The lowest BCUT2D eigenvalue weighted by molar-refractivity contribution is 0.282. The summed E-state index contributed by atoms with van der Waals surface area (Å²) >= 11 is 0. The van der Waals surface area contributed by atoms with E-state index in [2.05, 4.69) is 10.3 Å². The number of benzene rings is 1. The summed E-state index contributed by atoms with van der Waals surface area (Å²) < 4.78 is 2.04. The molecule has 0 saturated heterocycles. The van der Waals surface area contributed by atoms with Gasteiger partial charge in [0.1, 0.15) is 5.82 Å². The summed E-state index contributed by atoms with van der Waals surface area (Å²) in [5, 5.41) is 12.3. The van der Waals surface area contributed by atoms with Crippen LogP contribution in [0.25, 0.3) is 0 Å². The molecule has 1 aromatic heterocycles. The minimum Gasteiger partial charge on any atom is -0.392 e. The molecule has 0 unspecified atom stereocenters. The van der Waals surface area contributed by atoms with Crippen LogP contribution in [-0.2, 0) is 26.6 Å². The fourth-order valence-electron chi connectivity index (χ4n) is 1.83. The van der Waals surface area contributed by atoms with E-state index < -0.39 is 0 Å². The number of imidazole rings is 1. The first-order chi connectivity index (χ1) is 8.79. The topological polar surface area (TPSA) is 50.1 Å². The van der Waals surface area contributed by atoms with Gasteiger partial charge in [0.05, 0.1) is 6.61 Å². The van der Waals surface area contributed by atoms with Gasteiger partial charge in [0, 0.05) is 39.0 Å². The minimum absolute atomic E-state index is 0.104. The van der Waals surface area contributed by atoms with Crippen LogP contribution in [0, 0.1) is 0 Å². The molecule has 0 bridgehead atoms. The molecule has 0 radical (unpaired) electrons. The quantitative estimate of drug-likeness (QED) is 0.753. The number of aromatic nitrogens is 2. The number of nitrogens with one attached hydrogen (secondary N) is 1. The summed E-state index contributed by atoms with van der Waals surface area (Å²) in [4.78, 5) is 4.28. The van der Waals surface area contributed by atoms with Crippen molar-refractivity contribution in [2.24, 2.45) is 7.05 Å². The highest BCUT2D eigenvalue weighted by Crippen LogP contribution is 2.04. The highest BCUT2D eigenvalue weighted by Gasteiger charge is 1.98. The number of rotatable bonds is 6. The normalized spacial score (nSPS) is 10.8. The molecular weight excluding hydrogens is 226 g/mol. The molecule has 0 atom stereocenters. The molecule has 0 aliphatic carbocycles. The van der Waals surface area contributed by atoms with Crippen molar-refractivity contribution in [1.29, 1.82) is 0 Å². The Kier molecular flexibility index (Phi) is 4.50. The van der Waals surface area contributed by atoms with Crippen LogP contribution in [0.4, 0.5) is 0 Å². The molecular formula is C14H19N3O. The Morgan fingerprint density at radius 1 is 1.22 bits per heavy atom. The molecule has 18 heavy (non-hydrogen) atoms. The van der Waals surface area contributed by atoms with Gasteiger partial charge in [-0.2, -0.15) is 0 Å². The molecule has 0 saturated carbocycles. The predicted molar refractivity (Wildman–Crippen MR) is 71.0 cm³/mol. The number of hydrogen-bond acceptors (Lipinski definition) is 3. The molecule has 0 amide bonds. The van der Waals surface area contributed by atoms with Crippen molar-refractivity contribution in [3.05, 3.63) is 53.6 Å². The Balaban J connectivity index is 1.73. The molecule has 1 heterocycles. The number of aryl methyl sites for hydroxylation is 1. The molecule has 0 aliphatic rings. The van der Waals surface area contributed by atoms with Gasteiger partial charge in [-0.25, -0.2) is 4.98 Å². The van der Waals surface area contributed by atoms with Gasteiger partial charge in [0.2, 0.25) is 0 Å². The van der Waals surface area contributed by atoms with Crippen molar-refractivity contribution in [3.8, 4) is 0 Å². The molecule has 4 nitrogen and oxygen atoms in total. The van der Waals surface area contributed by atoms with Crippen LogP contribution in [0.1, 0.15) is 17.0 Å². The van der Waals surface area contributed by atoms with Crippen molar-refractivity contribution in [2.45, 2.75) is 19.6 Å². The maximum atomic E-state index is 8.95. The Bertz CT molecular complexity index is 476. The van der Waals surface area contributed by atoms with Crippen LogP contribution < -0.4 is 5.32 Å². The van der Waals surface area contributed by atoms with E-state index in [-0.39, 0.29) is 6.61 Å². The zero-order chi connectivity index (χ0) is 12.8. The fraction of sp³-hybridized carbons (Fsp3) is 0.357. The Morgan fingerprint density at radius 3 is 2.56 bits per heavy atom. The summed E-state index contributed by atoms with van der Waals surface area (Å²) in [6.45, 7) is 1.86. The number of aliphatic hydroxyl groups is 1. The molecule has 4 heteroatoms. The largest absolute Gasteiger partial charge is 0.392 e. The predicted octanol–water partition coefficient (Wildman–Crippen LogP) is 1.24. The van der Waals surface area contributed by atoms with E-state index in [1.165, 1.54) is 5.56 Å². The maximum absolute atomic E-state index is 8.95. The summed E-state index contributed by atoms with van der Waals surface area (Å²) in [6.07, 6.45) is 4.71. The van der Waals surface area contributed by atoms with Gasteiger partial charge in [-0.3, -0.25) is 0 Å². The van der Waals surface area contributed by atoms with Gasteiger partial charge >= 0.3 is 0 Å². The third kappa shape index (κ3) is 3.42. The molecule has 1 aromatic carbocycles. The molecule has 2 aromatic rings. The van der Waals surface area contributed by atoms with Crippen molar-refractivity contribution < 1.29 is 5.11 Å². The zero-order valence-corrected chi connectivity index (χ0v) is 10.6. The SMILES string of the molecule is Cn1ccnc1CCNCc1ccc(CO)cc1. The van der Waals surface area contributed by atoms with Crippen molar-refractivity contribution in [1.82, 2.24) is 14.9 Å². The number of aliphatic hydroxyl groups excluding tert-OH is 1. The first-order valence-corrected chi connectivity index (χ1v) is 6.15. The number of hydrogen-bond donors (Lipinski definition) is 2. The van der Waals surface area contributed by atoms with E-state index in [9.17, 15) is 0 Å². The second-order valence-electron chi connectivity index (χ2n) is 4.36. The summed E-state index contributed by atoms with van der Waals surface area (Å²) in [5.41, 5.74) is 2.18. The van der Waals surface area contributed by atoms with E-state index >= 15 is 0 Å². The van der Waals surface area contributed by atoms with Crippen molar-refractivity contribution >= 4 is 0 Å². The van der Waals surface area contributed by atoms with Crippen LogP contribution >= 0.6 is 0 Å². The van der Waals surface area contributed by atoms with Gasteiger partial charge in [0.25, 0.3) is 0 Å². The molecule has 2 rings (SSSR count). The standard InChI is InChI=1S/C14H19N3O/c1-17-9-8-16-14(17)6-7-15-10-12-2-4-13(11-18)5-3-12/h2-5,8-9,15,18H,6-7,10-11H2,1H3. The second-order valence-corrected chi connectivity index (χ2v) is 4.36. The number of nitrogens with zero attached hydrogens (tertiary/aromatic N) is 2. The molecule has 0 aliphatic heterocycles. The van der Waals surface area contributed by atoms with E-state index in [1.54, 1.807) is 0 Å². The van der Waals surface area contributed by atoms with E-state index in [4.69, 9.17) is 5.11 Å². The van der Waals surface area contributed by atoms with Crippen molar-refractivity contribution in [2.75, 3.05) is 6.54 Å². The van der Waals surface area contributed by atoms with Crippen LogP contribution in [0.5, 0.6) is 0 Å². The third-order valence-corrected chi connectivity index (χ3v) is 2.98. The lowest BCUT2D eigenvalue weighted by Gasteiger charge is -2.06. The van der Waals surface area contributed by atoms with Crippen LogP contribution in [0.2, 0.25) is 0 Å². The first-order valence-electron chi connectivity index (χ1n) is 6.15. The fourth-order valence-corrected chi connectivity index (χ4v) is 1.83. The summed E-state index contributed by atoms with van der Waals surface area (Å²) in [5.74, 6) is 1.10. The van der Waals surface area contributed by atoms with Gasteiger partial charge in [-0.1, -0.05) is 24.3 Å². The molecule has 2 N–H and O–H groups in total. The smallest absolute Gasteiger partial charge is 0.109 e. The summed E-state index contributed by atoms with van der Waals surface area (Å²) in [6, 6.07) is 7.99. The van der Waals surface area contributed by atoms with Gasteiger partial charge in [-0.05, 0) is 11.1 Å². The summed E-state index contributed by atoms with van der Waals surface area (Å²) in [7, 11) is 2.01. The Labute approximate surface area is 107 Å². The Morgan fingerprint density at radius 2 is 1.94 bits per heavy atom. The average Bonchev–Trinajstić information content (AvgIpc) is 2.81. The van der Waals surface area contributed by atoms with Gasteiger partial charge in [0.15, 0.2) is 0 Å². The minimum atomic E-state index is 0.104. The monoisotopic (exact) mass is 245 g/mol. The first kappa shape index (κ1) is 12.8. The van der Waals surface area contributed by atoms with E-state index in [0.717, 1.165) is 30.9 Å². The lowest BCUT2D eigenvalue weighted by Crippen LogP contribution is -2.18. The van der Waals surface area contributed by atoms with E-state index in [1.807, 2.05) is 48.3 Å². The van der Waals surface area contributed by atoms with Gasteiger partial charge in [-0.15, -0.1) is 0 Å². The van der Waals surface area contributed by atoms with Crippen molar-refractivity contribution in [3.63, 3.8) is 0 Å².